The van der Waals surface area contributed by atoms with Crippen molar-refractivity contribution in [2.75, 3.05) is 6.54 Å². The number of oxazole rings is 1. The number of benzene rings is 1. The Morgan fingerprint density at radius 1 is 1.27 bits per heavy atom. The largest absolute Gasteiger partial charge is 0.441 e. The summed E-state index contributed by atoms with van der Waals surface area (Å²) in [5, 5.41) is 0. The molecule has 0 aliphatic heterocycles. The molecule has 0 aliphatic rings. The first-order valence-electron chi connectivity index (χ1n) is 4.70. The van der Waals surface area contributed by atoms with E-state index in [4.69, 9.17) is 10.2 Å². The third-order valence-corrected chi connectivity index (χ3v) is 2.04. The van der Waals surface area contributed by atoms with Gasteiger partial charge in [-0.25, -0.2) is 9.37 Å². The highest BCUT2D eigenvalue weighted by Crippen LogP contribution is 2.20. The second kappa shape index (κ2) is 4.23. The zero-order valence-electron chi connectivity index (χ0n) is 8.11. The zero-order valence-corrected chi connectivity index (χ0v) is 8.11. The van der Waals surface area contributed by atoms with Gasteiger partial charge in [0.15, 0.2) is 11.7 Å². The van der Waals surface area contributed by atoms with Crippen molar-refractivity contribution in [2.45, 2.75) is 6.42 Å². The van der Waals surface area contributed by atoms with Crippen LogP contribution < -0.4 is 5.73 Å². The molecule has 1 heterocycles. The van der Waals surface area contributed by atoms with E-state index >= 15 is 0 Å². The molecule has 0 saturated heterocycles. The van der Waals surface area contributed by atoms with Gasteiger partial charge in [0.2, 0.25) is 0 Å². The minimum atomic E-state index is -0.263. The molecule has 3 nitrogen and oxygen atoms in total. The molecule has 1 aromatic heterocycles. The number of nitrogens with zero attached hydrogens (tertiary/aromatic N) is 1. The van der Waals surface area contributed by atoms with E-state index in [9.17, 15) is 4.39 Å². The van der Waals surface area contributed by atoms with Gasteiger partial charge in [0.05, 0.1) is 6.20 Å². The highest BCUT2D eigenvalue weighted by Gasteiger charge is 2.05. The van der Waals surface area contributed by atoms with Crippen LogP contribution in [0.5, 0.6) is 0 Å². The van der Waals surface area contributed by atoms with Crippen LogP contribution in [0.25, 0.3) is 11.3 Å². The minimum absolute atomic E-state index is 0.263. The van der Waals surface area contributed by atoms with Gasteiger partial charge < -0.3 is 10.2 Å². The molecule has 0 amide bonds. The number of hydrogen-bond acceptors (Lipinski definition) is 3. The van der Waals surface area contributed by atoms with Crippen molar-refractivity contribution in [3.63, 3.8) is 0 Å². The first-order chi connectivity index (χ1) is 7.29. The molecule has 0 radical (unpaired) electrons. The molecular formula is C11H11FN2O. The Hall–Kier alpha value is -1.68. The van der Waals surface area contributed by atoms with Crippen LogP contribution >= 0.6 is 0 Å². The number of aromatic nitrogens is 1. The van der Waals surface area contributed by atoms with Crippen LogP contribution in [-0.4, -0.2) is 11.5 Å². The molecule has 0 atom stereocenters. The summed E-state index contributed by atoms with van der Waals surface area (Å²) in [5.74, 6) is 0.982. The molecule has 2 N–H and O–H groups in total. The number of hydrogen-bond donors (Lipinski definition) is 1. The van der Waals surface area contributed by atoms with E-state index in [1.807, 2.05) is 0 Å². The van der Waals surface area contributed by atoms with E-state index in [0.29, 0.717) is 24.6 Å². The van der Waals surface area contributed by atoms with Crippen LogP contribution in [0.3, 0.4) is 0 Å². The zero-order chi connectivity index (χ0) is 10.7. The molecule has 2 aromatic rings. The van der Waals surface area contributed by atoms with E-state index in [1.165, 1.54) is 12.1 Å². The van der Waals surface area contributed by atoms with Gasteiger partial charge in [0, 0.05) is 18.5 Å². The molecule has 2 rings (SSSR count). The van der Waals surface area contributed by atoms with Crippen molar-refractivity contribution < 1.29 is 8.81 Å². The smallest absolute Gasteiger partial charge is 0.196 e. The highest BCUT2D eigenvalue weighted by atomic mass is 19.1. The minimum Gasteiger partial charge on any atom is -0.441 e. The van der Waals surface area contributed by atoms with Gasteiger partial charge in [0.25, 0.3) is 0 Å². The summed E-state index contributed by atoms with van der Waals surface area (Å²) in [6, 6.07) is 6.09. The fourth-order valence-electron chi connectivity index (χ4n) is 1.30. The molecular weight excluding hydrogens is 195 g/mol. The summed E-state index contributed by atoms with van der Waals surface area (Å²) in [4.78, 5) is 4.06. The monoisotopic (exact) mass is 206 g/mol. The topological polar surface area (TPSA) is 52.0 Å². The molecule has 78 valence electrons. The number of nitrogens with two attached hydrogens (primary N) is 1. The standard InChI is InChI=1S/C11H11FN2O/c12-9-3-1-8(2-4-9)10-7-14-11(15-10)5-6-13/h1-4,7H,5-6,13H2. The SMILES string of the molecule is NCCc1ncc(-c2ccc(F)cc2)o1. The van der Waals surface area contributed by atoms with E-state index < -0.39 is 0 Å². The van der Waals surface area contributed by atoms with Crippen LogP contribution in [0.2, 0.25) is 0 Å². The lowest BCUT2D eigenvalue weighted by Crippen LogP contribution is -2.02. The van der Waals surface area contributed by atoms with Gasteiger partial charge in [-0.2, -0.15) is 0 Å². The molecule has 1 aromatic carbocycles. The van der Waals surface area contributed by atoms with Crippen molar-refractivity contribution in [1.29, 1.82) is 0 Å². The van der Waals surface area contributed by atoms with Crippen molar-refractivity contribution >= 4 is 0 Å². The normalized spacial score (nSPS) is 10.5. The molecule has 0 unspecified atom stereocenters. The number of halogens is 1. The van der Waals surface area contributed by atoms with E-state index in [2.05, 4.69) is 4.98 Å². The maximum Gasteiger partial charge on any atom is 0.196 e. The van der Waals surface area contributed by atoms with Gasteiger partial charge in [-0.15, -0.1) is 0 Å². The first-order valence-corrected chi connectivity index (χ1v) is 4.70. The Balaban J connectivity index is 2.25. The quantitative estimate of drug-likeness (QED) is 0.835. The van der Waals surface area contributed by atoms with Crippen LogP contribution in [-0.2, 0) is 6.42 Å². The summed E-state index contributed by atoms with van der Waals surface area (Å²) in [6.07, 6.45) is 2.24. The lowest BCUT2D eigenvalue weighted by molar-refractivity contribution is 0.508. The second-order valence-corrected chi connectivity index (χ2v) is 3.16. The molecule has 0 aliphatic carbocycles. The van der Waals surface area contributed by atoms with Crippen molar-refractivity contribution in [3.8, 4) is 11.3 Å². The molecule has 4 heteroatoms. The summed E-state index contributed by atoms with van der Waals surface area (Å²) in [6.45, 7) is 0.503. The molecule has 0 fully saturated rings. The average molecular weight is 206 g/mol. The summed E-state index contributed by atoms with van der Waals surface area (Å²) >= 11 is 0. The van der Waals surface area contributed by atoms with Crippen molar-refractivity contribution in [3.05, 3.63) is 42.2 Å². The molecule has 15 heavy (non-hydrogen) atoms. The number of rotatable bonds is 3. The average Bonchev–Trinajstić information content (AvgIpc) is 2.68. The van der Waals surface area contributed by atoms with Crippen LogP contribution in [0.4, 0.5) is 4.39 Å². The molecule has 0 bridgehead atoms. The Morgan fingerprint density at radius 2 is 2.00 bits per heavy atom. The van der Waals surface area contributed by atoms with E-state index in [-0.39, 0.29) is 5.82 Å². The van der Waals surface area contributed by atoms with Crippen molar-refractivity contribution in [2.24, 2.45) is 5.73 Å². The van der Waals surface area contributed by atoms with Crippen LogP contribution in [0.1, 0.15) is 5.89 Å². The van der Waals surface area contributed by atoms with Gasteiger partial charge >= 0.3 is 0 Å². The summed E-state index contributed by atoms with van der Waals surface area (Å²) in [5.41, 5.74) is 6.19. The predicted octanol–water partition coefficient (Wildman–Crippen LogP) is 1.98. The van der Waals surface area contributed by atoms with Gasteiger partial charge in [-0.05, 0) is 24.3 Å². The molecule has 0 spiro atoms. The van der Waals surface area contributed by atoms with Gasteiger partial charge in [-0.3, -0.25) is 0 Å². The third kappa shape index (κ3) is 2.22. The maximum atomic E-state index is 12.7. The second-order valence-electron chi connectivity index (χ2n) is 3.16. The predicted molar refractivity (Wildman–Crippen MR) is 54.7 cm³/mol. The fourth-order valence-corrected chi connectivity index (χ4v) is 1.30. The highest BCUT2D eigenvalue weighted by molar-refractivity contribution is 5.55. The maximum absolute atomic E-state index is 12.7. The third-order valence-electron chi connectivity index (χ3n) is 2.04. The Kier molecular flexibility index (Phi) is 2.78. The lowest BCUT2D eigenvalue weighted by atomic mass is 10.2. The Bertz CT molecular complexity index is 436. The Morgan fingerprint density at radius 3 is 2.67 bits per heavy atom. The summed E-state index contributed by atoms with van der Waals surface area (Å²) in [7, 11) is 0. The lowest BCUT2D eigenvalue weighted by Gasteiger charge is -1.95. The van der Waals surface area contributed by atoms with E-state index in [0.717, 1.165) is 5.56 Å². The van der Waals surface area contributed by atoms with Crippen molar-refractivity contribution in [1.82, 2.24) is 4.98 Å². The molecule has 0 saturated carbocycles. The first kappa shape index (κ1) is 9.86. The fraction of sp³-hybridized carbons (Fsp3) is 0.182. The Labute approximate surface area is 86.7 Å². The van der Waals surface area contributed by atoms with Gasteiger partial charge in [-0.1, -0.05) is 0 Å². The van der Waals surface area contributed by atoms with Crippen LogP contribution in [0.15, 0.2) is 34.9 Å². The van der Waals surface area contributed by atoms with Gasteiger partial charge in [0.1, 0.15) is 5.82 Å². The van der Waals surface area contributed by atoms with E-state index in [1.54, 1.807) is 18.3 Å². The van der Waals surface area contributed by atoms with Crippen LogP contribution in [0, 0.1) is 5.82 Å². The summed E-state index contributed by atoms with van der Waals surface area (Å²) < 4.78 is 18.1.